The maximum Gasteiger partial charge on any atom is 0.255 e. The van der Waals surface area contributed by atoms with Crippen LogP contribution < -0.4 is 5.32 Å². The zero-order chi connectivity index (χ0) is 14.0. The van der Waals surface area contributed by atoms with Crippen LogP contribution >= 0.6 is 46.4 Å². The van der Waals surface area contributed by atoms with Gasteiger partial charge in [0.05, 0.1) is 15.7 Å². The van der Waals surface area contributed by atoms with Crippen molar-refractivity contribution in [3.63, 3.8) is 0 Å². The van der Waals surface area contributed by atoms with E-state index in [1.165, 1.54) is 12.1 Å². The molecule has 6 heteroatoms. The molecule has 2 aromatic carbocycles. The van der Waals surface area contributed by atoms with Crippen LogP contribution in [-0.4, -0.2) is 5.91 Å². The van der Waals surface area contributed by atoms with Crippen LogP contribution in [0.5, 0.6) is 0 Å². The van der Waals surface area contributed by atoms with Crippen LogP contribution in [0.15, 0.2) is 36.4 Å². The molecule has 0 aliphatic rings. The monoisotopic (exact) mass is 333 g/mol. The average Bonchev–Trinajstić information content (AvgIpc) is 2.33. The summed E-state index contributed by atoms with van der Waals surface area (Å²) < 4.78 is 0. The van der Waals surface area contributed by atoms with Crippen molar-refractivity contribution in [1.29, 1.82) is 0 Å². The van der Waals surface area contributed by atoms with E-state index in [0.29, 0.717) is 21.3 Å². The standard InChI is InChI=1S/C13H7Cl4NO/c14-8-3-1-2-7(4-8)13(19)18-12-10(16)5-9(15)6-11(12)17/h1-6H,(H,18,19). The number of benzene rings is 2. The molecule has 0 bridgehead atoms. The number of hydrogen-bond acceptors (Lipinski definition) is 1. The van der Waals surface area contributed by atoms with Crippen molar-refractivity contribution in [3.05, 3.63) is 62.1 Å². The lowest BCUT2D eigenvalue weighted by atomic mass is 10.2. The second-order valence-corrected chi connectivity index (χ2v) is 5.40. The third-order valence-corrected chi connectivity index (χ3v) is 3.38. The van der Waals surface area contributed by atoms with Gasteiger partial charge in [0.2, 0.25) is 0 Å². The molecule has 0 aliphatic heterocycles. The number of carbonyl (C=O) groups excluding carboxylic acids is 1. The van der Waals surface area contributed by atoms with Gasteiger partial charge < -0.3 is 5.32 Å². The smallest absolute Gasteiger partial charge is 0.255 e. The largest absolute Gasteiger partial charge is 0.319 e. The van der Waals surface area contributed by atoms with Gasteiger partial charge in [-0.2, -0.15) is 0 Å². The van der Waals surface area contributed by atoms with Crippen LogP contribution in [0.3, 0.4) is 0 Å². The number of amides is 1. The number of halogens is 4. The first-order valence-corrected chi connectivity index (χ1v) is 6.70. The van der Waals surface area contributed by atoms with E-state index >= 15 is 0 Å². The summed E-state index contributed by atoms with van der Waals surface area (Å²) in [6.45, 7) is 0. The van der Waals surface area contributed by atoms with Crippen molar-refractivity contribution in [1.82, 2.24) is 0 Å². The van der Waals surface area contributed by atoms with E-state index in [2.05, 4.69) is 5.32 Å². The van der Waals surface area contributed by atoms with E-state index in [1.54, 1.807) is 24.3 Å². The van der Waals surface area contributed by atoms with Crippen molar-refractivity contribution in [2.75, 3.05) is 5.32 Å². The van der Waals surface area contributed by atoms with E-state index < -0.39 is 0 Å². The highest BCUT2D eigenvalue weighted by atomic mass is 35.5. The number of anilines is 1. The fourth-order valence-corrected chi connectivity index (χ4v) is 2.58. The highest BCUT2D eigenvalue weighted by molar-refractivity contribution is 6.42. The van der Waals surface area contributed by atoms with E-state index in [1.807, 2.05) is 0 Å². The second kappa shape index (κ2) is 6.02. The van der Waals surface area contributed by atoms with Crippen LogP contribution in [0.25, 0.3) is 0 Å². The minimum absolute atomic E-state index is 0.271. The van der Waals surface area contributed by atoms with E-state index in [-0.39, 0.29) is 16.0 Å². The summed E-state index contributed by atoms with van der Waals surface area (Å²) >= 11 is 23.6. The van der Waals surface area contributed by atoms with Crippen molar-refractivity contribution >= 4 is 58.0 Å². The third-order valence-electron chi connectivity index (χ3n) is 2.33. The summed E-state index contributed by atoms with van der Waals surface area (Å²) in [4.78, 5) is 12.0. The Bertz CT molecular complexity index is 619. The molecule has 2 rings (SSSR count). The molecule has 1 N–H and O–H groups in total. The van der Waals surface area contributed by atoms with Crippen LogP contribution in [0.2, 0.25) is 20.1 Å². The first-order valence-electron chi connectivity index (χ1n) is 5.19. The molecule has 2 nitrogen and oxygen atoms in total. The molecule has 2 aromatic rings. The molecule has 0 saturated carbocycles. The molecule has 0 aromatic heterocycles. The second-order valence-electron chi connectivity index (χ2n) is 3.71. The summed E-state index contributed by atoms with van der Waals surface area (Å²) in [7, 11) is 0. The normalized spacial score (nSPS) is 10.3. The molecular weight excluding hydrogens is 328 g/mol. The van der Waals surface area contributed by atoms with Gasteiger partial charge in [0.25, 0.3) is 5.91 Å². The molecule has 0 heterocycles. The Kier molecular flexibility index (Phi) is 4.58. The Hall–Kier alpha value is -0.930. The Labute approximate surface area is 130 Å². The van der Waals surface area contributed by atoms with Crippen molar-refractivity contribution in [3.8, 4) is 0 Å². The van der Waals surface area contributed by atoms with Gasteiger partial charge >= 0.3 is 0 Å². The minimum Gasteiger partial charge on any atom is -0.319 e. The van der Waals surface area contributed by atoms with Crippen LogP contribution in [0.4, 0.5) is 5.69 Å². The fraction of sp³-hybridized carbons (Fsp3) is 0. The molecular formula is C13H7Cl4NO. The first kappa shape index (κ1) is 14.5. The van der Waals surface area contributed by atoms with E-state index in [9.17, 15) is 4.79 Å². The fourth-order valence-electron chi connectivity index (χ4n) is 1.48. The van der Waals surface area contributed by atoms with E-state index in [4.69, 9.17) is 46.4 Å². The van der Waals surface area contributed by atoms with Crippen molar-refractivity contribution < 1.29 is 4.79 Å². The first-order chi connectivity index (χ1) is 8.97. The highest BCUT2D eigenvalue weighted by Gasteiger charge is 2.12. The summed E-state index contributed by atoms with van der Waals surface area (Å²) in [5, 5.41) is 4.04. The molecule has 19 heavy (non-hydrogen) atoms. The van der Waals surface area contributed by atoms with Crippen LogP contribution in [-0.2, 0) is 0 Å². The quantitative estimate of drug-likeness (QED) is 0.766. The zero-order valence-corrected chi connectivity index (χ0v) is 12.4. The van der Waals surface area contributed by atoms with Gasteiger partial charge in [0, 0.05) is 15.6 Å². The Morgan fingerprint density at radius 2 is 1.53 bits per heavy atom. The van der Waals surface area contributed by atoms with Gasteiger partial charge in [-0.3, -0.25) is 4.79 Å². The lowest BCUT2D eigenvalue weighted by molar-refractivity contribution is 0.102. The van der Waals surface area contributed by atoms with Gasteiger partial charge in [-0.25, -0.2) is 0 Å². The Morgan fingerprint density at radius 3 is 2.11 bits per heavy atom. The van der Waals surface area contributed by atoms with Gasteiger partial charge in [-0.1, -0.05) is 52.5 Å². The van der Waals surface area contributed by atoms with Gasteiger partial charge in [0.15, 0.2) is 0 Å². The minimum atomic E-state index is -0.353. The van der Waals surface area contributed by atoms with Crippen molar-refractivity contribution in [2.24, 2.45) is 0 Å². The van der Waals surface area contributed by atoms with Gasteiger partial charge in [-0.05, 0) is 30.3 Å². The summed E-state index contributed by atoms with van der Waals surface area (Å²) in [5.41, 5.74) is 0.729. The highest BCUT2D eigenvalue weighted by Crippen LogP contribution is 2.34. The predicted molar refractivity (Wildman–Crippen MR) is 80.9 cm³/mol. The number of nitrogens with one attached hydrogen (secondary N) is 1. The van der Waals surface area contributed by atoms with Crippen LogP contribution in [0.1, 0.15) is 10.4 Å². The maximum atomic E-state index is 12.0. The van der Waals surface area contributed by atoms with Gasteiger partial charge in [0.1, 0.15) is 0 Å². The Morgan fingerprint density at radius 1 is 0.895 bits per heavy atom. The van der Waals surface area contributed by atoms with Gasteiger partial charge in [-0.15, -0.1) is 0 Å². The number of rotatable bonds is 2. The summed E-state index contributed by atoms with van der Waals surface area (Å²) in [5.74, 6) is -0.353. The Balaban J connectivity index is 2.29. The predicted octanol–water partition coefficient (Wildman–Crippen LogP) is 5.55. The molecule has 0 saturated heterocycles. The molecule has 1 amide bonds. The number of carbonyl (C=O) groups is 1. The topological polar surface area (TPSA) is 29.1 Å². The average molecular weight is 335 g/mol. The van der Waals surface area contributed by atoms with Crippen LogP contribution in [0, 0.1) is 0 Å². The third kappa shape index (κ3) is 3.54. The summed E-state index contributed by atoms with van der Waals surface area (Å²) in [6.07, 6.45) is 0. The maximum absolute atomic E-state index is 12.0. The molecule has 0 fully saturated rings. The molecule has 0 radical (unpaired) electrons. The molecule has 0 aliphatic carbocycles. The van der Waals surface area contributed by atoms with Crippen molar-refractivity contribution in [2.45, 2.75) is 0 Å². The molecule has 98 valence electrons. The molecule has 0 spiro atoms. The molecule has 0 atom stereocenters. The zero-order valence-electron chi connectivity index (χ0n) is 9.38. The SMILES string of the molecule is O=C(Nc1c(Cl)cc(Cl)cc1Cl)c1cccc(Cl)c1. The number of hydrogen-bond donors (Lipinski definition) is 1. The molecule has 0 unspecified atom stereocenters. The van der Waals surface area contributed by atoms with E-state index in [0.717, 1.165) is 0 Å². The lowest BCUT2D eigenvalue weighted by Gasteiger charge is -2.10. The lowest BCUT2D eigenvalue weighted by Crippen LogP contribution is -2.12. The summed E-state index contributed by atoms with van der Waals surface area (Å²) in [6, 6.07) is 9.56.